The maximum absolute atomic E-state index is 13.8. The largest absolute Gasteiger partial charge is 0.454 e. The topological polar surface area (TPSA) is 35.2 Å². The average molecular weight is 357 g/mol. The number of benzene rings is 2. The lowest BCUT2D eigenvalue weighted by molar-refractivity contribution is 0.441. The molecule has 18 heavy (non-hydrogen) atoms. The maximum atomic E-state index is 13.8. The van der Waals surface area contributed by atoms with Gasteiger partial charge in [0.05, 0.1) is 0 Å². The highest BCUT2D eigenvalue weighted by atomic mass is 127. The van der Waals surface area contributed by atoms with Crippen LogP contribution in [0.25, 0.3) is 0 Å². The summed E-state index contributed by atoms with van der Waals surface area (Å²) in [5, 5.41) is 0. The van der Waals surface area contributed by atoms with E-state index >= 15 is 0 Å². The van der Waals surface area contributed by atoms with Gasteiger partial charge in [0, 0.05) is 3.57 Å². The summed E-state index contributed by atoms with van der Waals surface area (Å²) in [5.74, 6) is 0.505. The van der Waals surface area contributed by atoms with E-state index in [1.807, 2.05) is 24.3 Å². The summed E-state index contributed by atoms with van der Waals surface area (Å²) in [6, 6.07) is 12.4. The molecule has 0 aliphatic carbocycles. The van der Waals surface area contributed by atoms with Gasteiger partial charge in [-0.3, -0.25) is 0 Å². The highest BCUT2D eigenvalue weighted by Gasteiger charge is 2.06. The van der Waals surface area contributed by atoms with Gasteiger partial charge in [-0.25, -0.2) is 4.39 Å². The first kappa shape index (κ1) is 13.3. The predicted octanol–water partition coefficient (Wildman–Crippen LogP) is 3.72. The number of halogens is 2. The van der Waals surface area contributed by atoms with Crippen LogP contribution < -0.4 is 10.5 Å². The van der Waals surface area contributed by atoms with Crippen molar-refractivity contribution in [3.8, 4) is 11.5 Å². The normalized spacial score (nSPS) is 10.4. The van der Waals surface area contributed by atoms with Gasteiger partial charge in [-0.2, -0.15) is 0 Å². The molecule has 0 heterocycles. The first-order valence-corrected chi connectivity index (χ1v) is 6.69. The second kappa shape index (κ2) is 6.15. The van der Waals surface area contributed by atoms with Crippen molar-refractivity contribution < 1.29 is 9.13 Å². The van der Waals surface area contributed by atoms with E-state index in [-0.39, 0.29) is 11.6 Å². The van der Waals surface area contributed by atoms with E-state index < -0.39 is 0 Å². The van der Waals surface area contributed by atoms with Crippen LogP contribution in [0.5, 0.6) is 11.5 Å². The van der Waals surface area contributed by atoms with Gasteiger partial charge >= 0.3 is 0 Å². The number of hydrogen-bond donors (Lipinski definition) is 1. The zero-order valence-corrected chi connectivity index (χ0v) is 11.9. The summed E-state index contributed by atoms with van der Waals surface area (Å²) in [6.45, 7) is 0.510. The number of hydrogen-bond acceptors (Lipinski definition) is 2. The fourth-order valence-electron chi connectivity index (χ4n) is 1.61. The molecule has 0 aliphatic heterocycles. The number of nitrogens with two attached hydrogens (primary N) is 1. The minimum Gasteiger partial charge on any atom is -0.454 e. The predicted molar refractivity (Wildman–Crippen MR) is 78.4 cm³/mol. The van der Waals surface area contributed by atoms with Gasteiger partial charge in [0.25, 0.3) is 0 Å². The van der Waals surface area contributed by atoms with Crippen LogP contribution in [0.3, 0.4) is 0 Å². The van der Waals surface area contributed by atoms with Crippen molar-refractivity contribution in [1.29, 1.82) is 0 Å². The lowest BCUT2D eigenvalue weighted by Gasteiger charge is -2.08. The van der Waals surface area contributed by atoms with Crippen molar-refractivity contribution in [3.63, 3.8) is 0 Å². The molecule has 0 atom stereocenters. The van der Waals surface area contributed by atoms with Crippen molar-refractivity contribution in [1.82, 2.24) is 0 Å². The Hall–Kier alpha value is -1.14. The van der Waals surface area contributed by atoms with E-state index in [0.29, 0.717) is 18.7 Å². The Balaban J connectivity index is 2.19. The smallest absolute Gasteiger partial charge is 0.165 e. The Labute approximate surface area is 119 Å². The van der Waals surface area contributed by atoms with Gasteiger partial charge in [0.1, 0.15) is 5.75 Å². The molecule has 0 radical (unpaired) electrons. The number of ether oxygens (including phenoxy) is 1. The van der Waals surface area contributed by atoms with Crippen LogP contribution in [0.4, 0.5) is 4.39 Å². The van der Waals surface area contributed by atoms with E-state index in [2.05, 4.69) is 22.6 Å². The summed E-state index contributed by atoms with van der Waals surface area (Å²) in [4.78, 5) is 0. The summed E-state index contributed by atoms with van der Waals surface area (Å²) in [5.41, 5.74) is 6.31. The van der Waals surface area contributed by atoms with E-state index in [1.165, 1.54) is 6.07 Å². The molecule has 0 unspecified atom stereocenters. The van der Waals surface area contributed by atoms with E-state index in [1.54, 1.807) is 12.1 Å². The van der Waals surface area contributed by atoms with Crippen molar-refractivity contribution in [2.24, 2.45) is 5.73 Å². The molecular formula is C14H13FINO. The quantitative estimate of drug-likeness (QED) is 0.847. The molecule has 0 aliphatic rings. The lowest BCUT2D eigenvalue weighted by atomic mass is 10.1. The van der Waals surface area contributed by atoms with Gasteiger partial charge < -0.3 is 10.5 Å². The van der Waals surface area contributed by atoms with Gasteiger partial charge in [0.15, 0.2) is 11.6 Å². The lowest BCUT2D eigenvalue weighted by Crippen LogP contribution is -2.03. The van der Waals surface area contributed by atoms with Crippen LogP contribution in [0.1, 0.15) is 5.56 Å². The highest BCUT2D eigenvalue weighted by molar-refractivity contribution is 14.1. The molecule has 0 saturated carbocycles. The Bertz CT molecular complexity index is 545. The van der Waals surface area contributed by atoms with Gasteiger partial charge in [-0.1, -0.05) is 12.1 Å². The first-order chi connectivity index (χ1) is 8.69. The van der Waals surface area contributed by atoms with Crippen LogP contribution in [0.2, 0.25) is 0 Å². The zero-order valence-electron chi connectivity index (χ0n) is 9.70. The highest BCUT2D eigenvalue weighted by Crippen LogP contribution is 2.26. The SMILES string of the molecule is NCCc1ccc(Oc2cccc(I)c2)c(F)c1. The molecule has 0 fully saturated rings. The van der Waals surface area contributed by atoms with Crippen LogP contribution >= 0.6 is 22.6 Å². The fourth-order valence-corrected chi connectivity index (χ4v) is 2.12. The average Bonchev–Trinajstić information content (AvgIpc) is 2.33. The second-order valence-corrected chi connectivity index (χ2v) is 5.11. The number of rotatable bonds is 4. The Morgan fingerprint density at radius 2 is 2.00 bits per heavy atom. The van der Waals surface area contributed by atoms with Crippen LogP contribution in [-0.2, 0) is 6.42 Å². The Morgan fingerprint density at radius 1 is 1.17 bits per heavy atom. The van der Waals surface area contributed by atoms with E-state index in [9.17, 15) is 4.39 Å². The van der Waals surface area contributed by atoms with E-state index in [0.717, 1.165) is 9.13 Å². The molecular weight excluding hydrogens is 344 g/mol. The molecule has 94 valence electrons. The molecule has 2 aromatic rings. The third-order valence-corrected chi connectivity index (χ3v) is 3.12. The van der Waals surface area contributed by atoms with Crippen molar-refractivity contribution >= 4 is 22.6 Å². The standard InChI is InChI=1S/C14H13FINO/c15-13-8-10(6-7-17)4-5-14(13)18-12-3-1-2-11(16)9-12/h1-5,8-9H,6-7,17H2. The van der Waals surface area contributed by atoms with Gasteiger partial charge in [-0.05, 0) is 71.5 Å². The molecule has 0 saturated heterocycles. The second-order valence-electron chi connectivity index (χ2n) is 3.86. The van der Waals surface area contributed by atoms with Crippen molar-refractivity contribution in [2.75, 3.05) is 6.54 Å². The van der Waals surface area contributed by atoms with Gasteiger partial charge in [-0.15, -0.1) is 0 Å². The van der Waals surface area contributed by atoms with Crippen LogP contribution in [0.15, 0.2) is 42.5 Å². The third kappa shape index (κ3) is 3.43. The first-order valence-electron chi connectivity index (χ1n) is 5.61. The molecule has 2 nitrogen and oxygen atoms in total. The van der Waals surface area contributed by atoms with Crippen molar-refractivity contribution in [2.45, 2.75) is 6.42 Å². The summed E-state index contributed by atoms with van der Waals surface area (Å²) in [6.07, 6.45) is 0.667. The van der Waals surface area contributed by atoms with Crippen LogP contribution in [-0.4, -0.2) is 6.54 Å². The molecule has 2 N–H and O–H groups in total. The minimum atomic E-state index is -0.361. The molecule has 0 amide bonds. The zero-order chi connectivity index (χ0) is 13.0. The molecule has 0 aromatic heterocycles. The minimum absolute atomic E-state index is 0.234. The summed E-state index contributed by atoms with van der Waals surface area (Å²) in [7, 11) is 0. The molecule has 2 aromatic carbocycles. The summed E-state index contributed by atoms with van der Waals surface area (Å²) >= 11 is 2.19. The van der Waals surface area contributed by atoms with Gasteiger partial charge in [0.2, 0.25) is 0 Å². The third-order valence-electron chi connectivity index (χ3n) is 2.45. The maximum Gasteiger partial charge on any atom is 0.165 e. The fraction of sp³-hybridized carbons (Fsp3) is 0.143. The molecule has 2 rings (SSSR count). The summed E-state index contributed by atoms with van der Waals surface area (Å²) < 4.78 is 20.4. The monoisotopic (exact) mass is 357 g/mol. The Kier molecular flexibility index (Phi) is 4.54. The Morgan fingerprint density at radius 3 is 2.67 bits per heavy atom. The molecule has 4 heteroatoms. The molecule has 0 spiro atoms. The van der Waals surface area contributed by atoms with Crippen LogP contribution in [0, 0.1) is 9.39 Å². The molecule has 0 bridgehead atoms. The van der Waals surface area contributed by atoms with E-state index in [4.69, 9.17) is 10.5 Å². The van der Waals surface area contributed by atoms with Crippen molar-refractivity contribution in [3.05, 3.63) is 57.4 Å².